The molecule has 2 fully saturated rings. The number of piperazine rings is 1. The molecule has 0 bridgehead atoms. The maximum Gasteiger partial charge on any atom is 0.318 e. The van der Waals surface area contributed by atoms with Gasteiger partial charge in [-0.25, -0.2) is 9.18 Å². The van der Waals surface area contributed by atoms with Crippen molar-refractivity contribution >= 4 is 23.3 Å². The zero-order valence-corrected chi connectivity index (χ0v) is 26.1. The summed E-state index contributed by atoms with van der Waals surface area (Å²) >= 11 is 0. The smallest absolute Gasteiger partial charge is 0.318 e. The monoisotopic (exact) mass is 604 g/mol. The molecule has 2 aromatic carbocycles. The molecule has 3 heterocycles. The molecule has 0 aromatic heterocycles. The molecular weight excluding hydrogens is 559 g/mol. The van der Waals surface area contributed by atoms with E-state index in [1.54, 1.807) is 17.0 Å². The average molecular weight is 605 g/mol. The van der Waals surface area contributed by atoms with E-state index in [2.05, 4.69) is 33.6 Å². The second-order valence-corrected chi connectivity index (χ2v) is 12.9. The van der Waals surface area contributed by atoms with Crippen LogP contribution >= 0.6 is 0 Å². The van der Waals surface area contributed by atoms with Crippen molar-refractivity contribution < 1.29 is 18.7 Å². The van der Waals surface area contributed by atoms with E-state index in [1.807, 2.05) is 37.2 Å². The Balaban J connectivity index is 1.22. The topological polar surface area (TPSA) is 80.4 Å². The van der Waals surface area contributed by atoms with Gasteiger partial charge in [0.05, 0.1) is 12.2 Å². The molecule has 6 rings (SSSR count). The van der Waals surface area contributed by atoms with Gasteiger partial charge in [-0.2, -0.15) is 0 Å². The van der Waals surface area contributed by atoms with E-state index in [0.29, 0.717) is 57.0 Å². The highest BCUT2D eigenvalue weighted by atomic mass is 19.1. The number of nitrogens with one attached hydrogen (secondary N) is 2. The minimum absolute atomic E-state index is 0.109. The Labute approximate surface area is 260 Å². The lowest BCUT2D eigenvalue weighted by molar-refractivity contribution is -0.121. The first-order valence-electron chi connectivity index (χ1n) is 16.0. The quantitative estimate of drug-likeness (QED) is 0.494. The summed E-state index contributed by atoms with van der Waals surface area (Å²) in [5, 5.41) is 6.79. The molecule has 0 radical (unpaired) electrons. The number of ether oxygens (including phenoxy) is 1. The van der Waals surface area contributed by atoms with E-state index >= 15 is 0 Å². The van der Waals surface area contributed by atoms with Gasteiger partial charge in [-0.3, -0.25) is 4.79 Å². The summed E-state index contributed by atoms with van der Waals surface area (Å²) in [7, 11) is 4.04. The highest BCUT2D eigenvalue weighted by Gasteiger charge is 2.41. The fourth-order valence-corrected chi connectivity index (χ4v) is 7.27. The predicted molar refractivity (Wildman–Crippen MR) is 170 cm³/mol. The molecule has 3 amide bonds. The number of nitrogens with zero attached hydrogens (tertiary/aromatic N) is 4. The average Bonchev–Trinajstić information content (AvgIpc) is 3.47. The number of benzene rings is 2. The maximum atomic E-state index is 14.6. The van der Waals surface area contributed by atoms with Crippen molar-refractivity contribution in [2.45, 2.75) is 51.2 Å². The number of anilines is 2. The van der Waals surface area contributed by atoms with Gasteiger partial charge in [0.15, 0.2) is 0 Å². The summed E-state index contributed by atoms with van der Waals surface area (Å²) in [4.78, 5) is 36.2. The van der Waals surface area contributed by atoms with Crippen molar-refractivity contribution in [3.05, 3.63) is 65.6 Å². The number of carbonyl (C=O) groups excluding carboxylic acids is 2. The van der Waals surface area contributed by atoms with Crippen LogP contribution in [0.3, 0.4) is 0 Å². The Morgan fingerprint density at radius 2 is 1.80 bits per heavy atom. The minimum Gasteiger partial charge on any atom is -0.490 e. The molecule has 4 atom stereocenters. The molecule has 4 aliphatic rings. The fraction of sp³-hybridized carbons (Fsp3) is 0.529. The maximum absolute atomic E-state index is 14.6. The van der Waals surface area contributed by atoms with E-state index in [1.165, 1.54) is 30.5 Å². The Bertz CT molecular complexity index is 1370. The van der Waals surface area contributed by atoms with E-state index in [-0.39, 0.29) is 23.7 Å². The summed E-state index contributed by atoms with van der Waals surface area (Å²) in [5.41, 5.74) is 4.02. The molecule has 3 aliphatic heterocycles. The lowest BCUT2D eigenvalue weighted by atomic mass is 9.76. The second-order valence-electron chi connectivity index (χ2n) is 12.9. The number of urea groups is 1. The van der Waals surface area contributed by atoms with E-state index in [0.717, 1.165) is 36.3 Å². The SMILES string of the molecule is C[C@@H](C1=CNC2CCCCC12)[C@@H](NC(=O)N1CCN(c2ccc(F)cc2)CC1)C(=O)N1CCOc2ccc(CN(C)C)cc21. The molecule has 2 N–H and O–H groups in total. The Morgan fingerprint density at radius 1 is 1.05 bits per heavy atom. The van der Waals surface area contributed by atoms with Crippen LogP contribution in [0.5, 0.6) is 5.75 Å². The van der Waals surface area contributed by atoms with Gasteiger partial charge >= 0.3 is 6.03 Å². The number of fused-ring (bicyclic) bond motifs is 2. The van der Waals surface area contributed by atoms with Crippen molar-refractivity contribution in [2.75, 3.05) is 63.2 Å². The predicted octanol–water partition coefficient (Wildman–Crippen LogP) is 4.20. The molecule has 1 aliphatic carbocycles. The fourth-order valence-electron chi connectivity index (χ4n) is 7.27. The van der Waals surface area contributed by atoms with Gasteiger partial charge in [-0.15, -0.1) is 0 Å². The lowest BCUT2D eigenvalue weighted by Crippen LogP contribution is -2.59. The standard InChI is InChI=1S/C34H45FN6O3/c1-23(28-21-36-29-7-5-4-6-27(28)29)32(33(42)41-18-19-44-31-13-8-24(20-30(31)41)22-38(2)3)37-34(43)40-16-14-39(15-17-40)26-11-9-25(35)10-12-26/h8-13,20-21,23,27,29,32,36H,4-7,14-19,22H2,1-3H3,(H,37,43)/t23-,27?,29?,32+/m0/s1. The van der Waals surface area contributed by atoms with Crippen LogP contribution in [0, 0.1) is 17.7 Å². The molecular formula is C34H45FN6O3. The summed E-state index contributed by atoms with van der Waals surface area (Å²) in [6.07, 6.45) is 6.74. The van der Waals surface area contributed by atoms with Crippen LogP contribution in [0.2, 0.25) is 0 Å². The molecule has 44 heavy (non-hydrogen) atoms. The summed E-state index contributed by atoms with van der Waals surface area (Å²) in [6.45, 7) is 5.97. The lowest BCUT2D eigenvalue weighted by Gasteiger charge is -2.39. The number of hydrogen-bond donors (Lipinski definition) is 2. The summed E-state index contributed by atoms with van der Waals surface area (Å²) < 4.78 is 19.4. The Kier molecular flexibility index (Phi) is 8.98. The second kappa shape index (κ2) is 13.1. The van der Waals surface area contributed by atoms with Crippen molar-refractivity contribution in [1.29, 1.82) is 0 Å². The Morgan fingerprint density at radius 3 is 2.55 bits per heavy atom. The van der Waals surface area contributed by atoms with Gasteiger partial charge in [0, 0.05) is 56.3 Å². The third-order valence-corrected chi connectivity index (χ3v) is 9.64. The van der Waals surface area contributed by atoms with Crippen LogP contribution in [0.15, 0.2) is 54.2 Å². The van der Waals surface area contributed by atoms with Gasteiger partial charge < -0.3 is 35.0 Å². The largest absolute Gasteiger partial charge is 0.490 e. The van der Waals surface area contributed by atoms with Gasteiger partial charge in [-0.05, 0) is 80.7 Å². The molecule has 1 saturated heterocycles. The van der Waals surface area contributed by atoms with Crippen molar-refractivity contribution in [3.63, 3.8) is 0 Å². The van der Waals surface area contributed by atoms with Crippen LogP contribution in [0.4, 0.5) is 20.6 Å². The molecule has 9 nitrogen and oxygen atoms in total. The van der Waals surface area contributed by atoms with E-state index in [4.69, 9.17) is 4.74 Å². The van der Waals surface area contributed by atoms with Crippen LogP contribution in [0.25, 0.3) is 0 Å². The molecule has 0 spiro atoms. The first-order valence-corrected chi connectivity index (χ1v) is 16.0. The van der Waals surface area contributed by atoms with Crippen LogP contribution < -0.4 is 25.2 Å². The van der Waals surface area contributed by atoms with E-state index in [9.17, 15) is 14.0 Å². The third kappa shape index (κ3) is 6.36. The van der Waals surface area contributed by atoms with Crippen LogP contribution in [-0.2, 0) is 11.3 Å². The van der Waals surface area contributed by atoms with Crippen LogP contribution in [-0.4, -0.2) is 87.2 Å². The molecule has 1 saturated carbocycles. The van der Waals surface area contributed by atoms with Crippen molar-refractivity contribution in [3.8, 4) is 5.75 Å². The van der Waals surface area contributed by atoms with Crippen LogP contribution in [0.1, 0.15) is 38.2 Å². The first-order chi connectivity index (χ1) is 21.3. The highest BCUT2D eigenvalue weighted by molar-refractivity contribution is 6.01. The number of rotatable bonds is 7. The minimum atomic E-state index is -0.727. The number of halogens is 1. The highest BCUT2D eigenvalue weighted by Crippen LogP contribution is 2.40. The van der Waals surface area contributed by atoms with Crippen molar-refractivity contribution in [1.82, 2.24) is 20.4 Å². The van der Waals surface area contributed by atoms with E-state index < -0.39 is 6.04 Å². The number of amides is 3. The van der Waals surface area contributed by atoms with Gasteiger partial charge in [0.25, 0.3) is 0 Å². The van der Waals surface area contributed by atoms with Gasteiger partial charge in [-0.1, -0.05) is 25.8 Å². The number of carbonyl (C=O) groups is 2. The molecule has 236 valence electrons. The summed E-state index contributed by atoms with van der Waals surface area (Å²) in [6, 6.07) is 11.9. The number of hydrogen-bond acceptors (Lipinski definition) is 6. The zero-order chi connectivity index (χ0) is 30.8. The third-order valence-electron chi connectivity index (χ3n) is 9.64. The van der Waals surface area contributed by atoms with Gasteiger partial charge in [0.2, 0.25) is 5.91 Å². The first kappa shape index (κ1) is 30.2. The molecule has 2 aromatic rings. The molecule has 10 heteroatoms. The van der Waals surface area contributed by atoms with Gasteiger partial charge in [0.1, 0.15) is 24.2 Å². The van der Waals surface area contributed by atoms with Crippen molar-refractivity contribution in [2.24, 2.45) is 11.8 Å². The summed E-state index contributed by atoms with van der Waals surface area (Å²) in [5.74, 6) is 0.525. The Hall–Kier alpha value is -3.79. The molecule has 2 unspecified atom stereocenters. The normalized spacial score (nSPS) is 22.8. The zero-order valence-electron chi connectivity index (χ0n) is 26.1.